The summed E-state index contributed by atoms with van der Waals surface area (Å²) in [7, 11) is 0. The first-order valence-corrected chi connectivity index (χ1v) is 2.70. The summed E-state index contributed by atoms with van der Waals surface area (Å²) in [5.74, 6) is 0.205. The fourth-order valence-electron chi connectivity index (χ4n) is 0.704. The zero-order valence-electron chi connectivity index (χ0n) is 5.00. The molecule has 0 aliphatic carbocycles. The Bertz CT molecular complexity index is 352. The predicted molar refractivity (Wildman–Crippen MR) is 34.9 cm³/mol. The van der Waals surface area contributed by atoms with E-state index in [2.05, 4.69) is 26.1 Å². The minimum absolute atomic E-state index is 0.205. The van der Waals surface area contributed by atoms with Crippen LogP contribution < -0.4 is 5.73 Å². The van der Waals surface area contributed by atoms with Gasteiger partial charge >= 0.3 is 0 Å². The third kappa shape index (κ3) is 0.604. The number of H-pyrrole nitrogens is 1. The van der Waals surface area contributed by atoms with Gasteiger partial charge in [-0.3, -0.25) is 0 Å². The average molecular weight is 134 g/mol. The maximum atomic E-state index is 5.28. The van der Waals surface area contributed by atoms with E-state index in [1.54, 1.807) is 0 Å². The monoisotopic (exact) mass is 134 g/mol. The number of aromatic amines is 1. The van der Waals surface area contributed by atoms with E-state index >= 15 is 0 Å². The minimum atomic E-state index is 0.205. The molecule has 2 aromatic heterocycles. The number of nitrogens with zero attached hydrogens (tertiary/aromatic N) is 3. The smallest absolute Gasteiger partial charge is 0.222 e. The molecule has 0 saturated carbocycles. The maximum absolute atomic E-state index is 5.28. The first kappa shape index (κ1) is 5.16. The summed E-state index contributed by atoms with van der Waals surface area (Å²) in [6, 6.07) is 0. The Labute approximate surface area is 56.3 Å². The first-order chi connectivity index (χ1) is 4.86. The van der Waals surface area contributed by atoms with E-state index < -0.39 is 0 Å². The summed E-state index contributed by atoms with van der Waals surface area (Å²) < 4.78 is 0. The number of hydrogen-bond donors (Lipinski definition) is 2. The van der Waals surface area contributed by atoms with Crippen LogP contribution in [0.1, 0.15) is 0 Å². The number of nitrogens with two attached hydrogens (primary N) is 1. The Morgan fingerprint density at radius 2 is 2.50 bits per heavy atom. The summed E-state index contributed by atoms with van der Waals surface area (Å²) in [5.41, 5.74) is 6.51. The zero-order chi connectivity index (χ0) is 6.97. The molecule has 10 heavy (non-hydrogen) atoms. The van der Waals surface area contributed by atoms with Crippen LogP contribution in [0.4, 0.5) is 5.95 Å². The molecule has 0 amide bonds. The van der Waals surface area contributed by atoms with Crippen LogP contribution in [-0.4, -0.2) is 19.9 Å². The zero-order valence-corrected chi connectivity index (χ0v) is 5.00. The highest BCUT2D eigenvalue weighted by Crippen LogP contribution is 2.02. The molecule has 0 fully saturated rings. The van der Waals surface area contributed by atoms with Crippen molar-refractivity contribution in [2.75, 3.05) is 5.73 Å². The van der Waals surface area contributed by atoms with Crippen molar-refractivity contribution < 1.29 is 0 Å². The SMILES string of the molecule is Nc1n[c]c2nc[nH]c2n1. The number of fused-ring (bicyclic) bond motifs is 1. The Morgan fingerprint density at radius 1 is 1.60 bits per heavy atom. The van der Waals surface area contributed by atoms with Gasteiger partial charge in [-0.1, -0.05) is 0 Å². The van der Waals surface area contributed by atoms with Crippen molar-refractivity contribution in [3.05, 3.63) is 12.5 Å². The maximum Gasteiger partial charge on any atom is 0.222 e. The predicted octanol–water partition coefficient (Wildman–Crippen LogP) is -0.265. The van der Waals surface area contributed by atoms with Crippen LogP contribution in [-0.2, 0) is 0 Å². The molecule has 0 saturated heterocycles. The quantitative estimate of drug-likeness (QED) is 0.520. The van der Waals surface area contributed by atoms with Crippen molar-refractivity contribution in [1.29, 1.82) is 0 Å². The van der Waals surface area contributed by atoms with E-state index in [9.17, 15) is 0 Å². The van der Waals surface area contributed by atoms with Gasteiger partial charge in [-0.25, -0.2) is 9.97 Å². The molecule has 2 heterocycles. The number of hydrogen-bond acceptors (Lipinski definition) is 4. The van der Waals surface area contributed by atoms with Gasteiger partial charge in [-0.15, -0.1) is 0 Å². The second-order valence-corrected chi connectivity index (χ2v) is 1.79. The van der Waals surface area contributed by atoms with E-state index in [4.69, 9.17) is 5.73 Å². The fourth-order valence-corrected chi connectivity index (χ4v) is 0.704. The molecule has 5 heteroatoms. The van der Waals surface area contributed by atoms with Crippen molar-refractivity contribution in [2.45, 2.75) is 0 Å². The number of nitrogen functional groups attached to an aromatic ring is 1. The summed E-state index contributed by atoms with van der Waals surface area (Å²) in [5, 5.41) is 0. The molecular weight excluding hydrogens is 130 g/mol. The van der Waals surface area contributed by atoms with Crippen molar-refractivity contribution in [2.24, 2.45) is 0 Å². The van der Waals surface area contributed by atoms with Gasteiger partial charge in [-0.2, -0.15) is 4.98 Å². The van der Waals surface area contributed by atoms with Gasteiger partial charge in [0.05, 0.1) is 6.33 Å². The minimum Gasteiger partial charge on any atom is -0.368 e. The van der Waals surface area contributed by atoms with Crippen molar-refractivity contribution >= 4 is 17.1 Å². The highest BCUT2D eigenvalue weighted by atomic mass is 15.1. The van der Waals surface area contributed by atoms with Crippen LogP contribution in [0.5, 0.6) is 0 Å². The molecule has 0 aliphatic heterocycles. The molecule has 2 aromatic rings. The van der Waals surface area contributed by atoms with E-state index in [1.807, 2.05) is 0 Å². The third-order valence-electron chi connectivity index (χ3n) is 1.12. The second-order valence-electron chi connectivity index (χ2n) is 1.79. The van der Waals surface area contributed by atoms with Crippen LogP contribution in [0, 0.1) is 6.20 Å². The Balaban J connectivity index is 2.86. The van der Waals surface area contributed by atoms with Gasteiger partial charge in [0.15, 0.2) is 5.65 Å². The number of aromatic nitrogens is 4. The van der Waals surface area contributed by atoms with E-state index in [0.29, 0.717) is 11.2 Å². The fraction of sp³-hybridized carbons (Fsp3) is 0. The number of rotatable bonds is 0. The molecule has 0 aliphatic rings. The number of imidazole rings is 1. The van der Waals surface area contributed by atoms with Gasteiger partial charge in [0.25, 0.3) is 0 Å². The Kier molecular flexibility index (Phi) is 0.858. The van der Waals surface area contributed by atoms with Crippen molar-refractivity contribution in [1.82, 2.24) is 19.9 Å². The van der Waals surface area contributed by atoms with Crippen LogP contribution in [0.15, 0.2) is 6.33 Å². The van der Waals surface area contributed by atoms with Crippen LogP contribution >= 0.6 is 0 Å². The van der Waals surface area contributed by atoms with Gasteiger partial charge < -0.3 is 10.7 Å². The average Bonchev–Trinajstić information content (AvgIpc) is 2.33. The normalized spacial score (nSPS) is 10.4. The lowest BCUT2D eigenvalue weighted by Gasteiger charge is -1.86. The summed E-state index contributed by atoms with van der Waals surface area (Å²) in [4.78, 5) is 14.1. The molecular formula is C5H4N5. The highest BCUT2D eigenvalue weighted by molar-refractivity contribution is 5.68. The molecule has 1 radical (unpaired) electrons. The molecule has 5 nitrogen and oxygen atoms in total. The standard InChI is InChI=1S/C5H4N5/c6-5-7-1-3-4(10-5)9-2-8-3/h2H,(H3,6,7,8,9,10). The lowest BCUT2D eigenvalue weighted by Crippen LogP contribution is -1.93. The van der Waals surface area contributed by atoms with Gasteiger partial charge in [0.1, 0.15) is 11.7 Å². The van der Waals surface area contributed by atoms with Crippen LogP contribution in [0.3, 0.4) is 0 Å². The van der Waals surface area contributed by atoms with Crippen LogP contribution in [0.25, 0.3) is 11.2 Å². The first-order valence-electron chi connectivity index (χ1n) is 2.70. The molecule has 0 unspecified atom stereocenters. The molecule has 2 rings (SSSR count). The Hall–Kier alpha value is -1.65. The van der Waals surface area contributed by atoms with E-state index in [0.717, 1.165) is 0 Å². The molecule has 3 N–H and O–H groups in total. The van der Waals surface area contributed by atoms with Crippen LogP contribution in [0.2, 0.25) is 0 Å². The van der Waals surface area contributed by atoms with Crippen molar-refractivity contribution in [3.63, 3.8) is 0 Å². The summed E-state index contributed by atoms with van der Waals surface area (Å²) >= 11 is 0. The van der Waals surface area contributed by atoms with Gasteiger partial charge in [-0.05, 0) is 0 Å². The van der Waals surface area contributed by atoms with E-state index in [-0.39, 0.29) is 5.95 Å². The largest absolute Gasteiger partial charge is 0.368 e. The lowest BCUT2D eigenvalue weighted by atomic mass is 10.6. The Morgan fingerprint density at radius 3 is 3.40 bits per heavy atom. The number of anilines is 1. The molecule has 0 atom stereocenters. The van der Waals surface area contributed by atoms with Gasteiger partial charge in [0.2, 0.25) is 5.95 Å². The summed E-state index contributed by atoms with van der Waals surface area (Å²) in [6.07, 6.45) is 4.14. The second kappa shape index (κ2) is 1.66. The third-order valence-corrected chi connectivity index (χ3v) is 1.12. The molecule has 0 bridgehead atoms. The summed E-state index contributed by atoms with van der Waals surface area (Å²) in [6.45, 7) is 0. The molecule has 0 spiro atoms. The highest BCUT2D eigenvalue weighted by Gasteiger charge is 1.96. The number of nitrogens with one attached hydrogen (secondary N) is 1. The van der Waals surface area contributed by atoms with E-state index in [1.165, 1.54) is 6.33 Å². The van der Waals surface area contributed by atoms with Gasteiger partial charge in [0, 0.05) is 0 Å². The topological polar surface area (TPSA) is 80.5 Å². The van der Waals surface area contributed by atoms with Crippen molar-refractivity contribution in [3.8, 4) is 0 Å². The molecule has 0 aromatic carbocycles. The lowest BCUT2D eigenvalue weighted by molar-refractivity contribution is 1.21. The molecule has 49 valence electrons.